The second kappa shape index (κ2) is 4.70. The van der Waals surface area contributed by atoms with Crippen molar-refractivity contribution in [2.75, 3.05) is 0 Å². The first kappa shape index (κ1) is 14.4. The fourth-order valence-electron chi connectivity index (χ4n) is 5.38. The second-order valence-corrected chi connectivity index (χ2v) is 8.94. The Hall–Kier alpha value is -3.56. The number of hydrogen-bond acceptors (Lipinski definition) is 1. The number of nitrogens with one attached hydrogen (secondary N) is 1. The van der Waals surface area contributed by atoms with Gasteiger partial charge in [0.25, 0.3) is 0 Å². The lowest BCUT2D eigenvalue weighted by molar-refractivity contribution is 1.36. The third-order valence-electron chi connectivity index (χ3n) is 6.47. The Morgan fingerprint density at radius 1 is 0.586 bits per heavy atom. The monoisotopic (exact) mass is 386 g/mol. The molecule has 0 radical (unpaired) electrons. The van der Waals surface area contributed by atoms with E-state index >= 15 is 0 Å². The number of hydrogen-bond donors (Lipinski definition) is 1. The first-order valence-electron chi connectivity index (χ1n) is 9.89. The molecule has 0 aliphatic carbocycles. The highest BCUT2D eigenvalue weighted by Gasteiger charge is 2.20. The van der Waals surface area contributed by atoms with Crippen molar-refractivity contribution >= 4 is 80.6 Å². The van der Waals surface area contributed by atoms with Gasteiger partial charge in [-0.3, -0.25) is 0 Å². The van der Waals surface area contributed by atoms with Gasteiger partial charge in [-0.25, -0.2) is 0 Å². The molecule has 2 nitrogen and oxygen atoms in total. The first-order chi connectivity index (χ1) is 14.4. The predicted octanol–water partition coefficient (Wildman–Crippen LogP) is 7.69. The van der Waals surface area contributed by atoms with Crippen molar-refractivity contribution in [3.8, 4) is 0 Å². The molecule has 4 aromatic carbocycles. The van der Waals surface area contributed by atoms with Crippen molar-refractivity contribution in [2.45, 2.75) is 0 Å². The van der Waals surface area contributed by atoms with Gasteiger partial charge in [-0.05, 0) is 41.1 Å². The van der Waals surface area contributed by atoms with Crippen LogP contribution in [0.4, 0.5) is 0 Å². The summed E-state index contributed by atoms with van der Waals surface area (Å²) in [5.74, 6) is 0. The minimum atomic E-state index is 1.20. The summed E-state index contributed by atoms with van der Waals surface area (Å²) in [6.07, 6.45) is 0. The van der Waals surface area contributed by atoms with Crippen molar-refractivity contribution in [1.29, 1.82) is 0 Å². The van der Waals surface area contributed by atoms with Crippen LogP contribution in [-0.4, -0.2) is 9.38 Å². The number of nitrogens with zero attached hydrogens (tertiary/aromatic N) is 1. The number of para-hydroxylation sites is 1. The molecule has 134 valence electrons. The van der Waals surface area contributed by atoms with E-state index in [4.69, 9.17) is 0 Å². The zero-order valence-electron chi connectivity index (χ0n) is 15.4. The molecule has 4 aromatic heterocycles. The molecule has 0 bridgehead atoms. The van der Waals surface area contributed by atoms with Crippen LogP contribution in [-0.2, 0) is 0 Å². The molecule has 0 aliphatic heterocycles. The summed E-state index contributed by atoms with van der Waals surface area (Å²) in [5, 5.41) is 8.00. The van der Waals surface area contributed by atoms with Gasteiger partial charge in [0.1, 0.15) is 0 Å². The number of thiophene rings is 1. The lowest BCUT2D eigenvalue weighted by Crippen LogP contribution is -1.88. The van der Waals surface area contributed by atoms with E-state index in [0.29, 0.717) is 0 Å². The number of H-pyrrole nitrogens is 1. The Kier molecular flexibility index (Phi) is 2.34. The van der Waals surface area contributed by atoms with Gasteiger partial charge in [-0.1, -0.05) is 48.5 Å². The van der Waals surface area contributed by atoms with Crippen LogP contribution >= 0.6 is 11.3 Å². The van der Waals surface area contributed by atoms with Crippen LogP contribution < -0.4 is 0 Å². The molecule has 0 unspecified atom stereocenters. The fraction of sp³-hybridized carbons (Fsp3) is 0. The highest BCUT2D eigenvalue weighted by Crippen LogP contribution is 2.45. The maximum Gasteiger partial charge on any atom is 0.0804 e. The molecule has 29 heavy (non-hydrogen) atoms. The standard InChI is InChI=1S/C26H14N2S/c1-2-10-18-16(6-1)25-26-22-14(7-3-9-17(22)27-25)15-8-4-12-20-23(15)24-19(28(18)26)11-5-13-21(24)29-20/h1-13,27H. The Balaban J connectivity index is 1.96. The molecule has 0 aliphatic rings. The van der Waals surface area contributed by atoms with Gasteiger partial charge in [-0.15, -0.1) is 11.3 Å². The van der Waals surface area contributed by atoms with Crippen LogP contribution in [0, 0.1) is 0 Å². The predicted molar refractivity (Wildman–Crippen MR) is 126 cm³/mol. The molecule has 8 rings (SSSR count). The van der Waals surface area contributed by atoms with Crippen molar-refractivity contribution in [3.63, 3.8) is 0 Å². The Bertz CT molecular complexity index is 1910. The van der Waals surface area contributed by atoms with E-state index in [0.717, 1.165) is 0 Å². The Labute approximate surface area is 168 Å². The fourth-order valence-corrected chi connectivity index (χ4v) is 6.54. The molecular formula is C26H14N2S. The molecule has 0 spiro atoms. The normalized spacial score (nSPS) is 12.8. The minimum absolute atomic E-state index is 1.20. The summed E-state index contributed by atoms with van der Waals surface area (Å²) in [6.45, 7) is 0. The largest absolute Gasteiger partial charge is 0.353 e. The average molecular weight is 386 g/mol. The van der Waals surface area contributed by atoms with Crippen LogP contribution in [0.5, 0.6) is 0 Å². The summed E-state index contributed by atoms with van der Waals surface area (Å²) >= 11 is 1.90. The highest BCUT2D eigenvalue weighted by atomic mass is 32.1. The van der Waals surface area contributed by atoms with Gasteiger partial charge < -0.3 is 9.38 Å². The summed E-state index contributed by atoms with van der Waals surface area (Å²) in [4.78, 5) is 3.74. The lowest BCUT2D eigenvalue weighted by atomic mass is 10.0. The number of benzene rings is 4. The average Bonchev–Trinajstić information content (AvgIpc) is 3.40. The van der Waals surface area contributed by atoms with Gasteiger partial charge in [0.05, 0.1) is 22.1 Å². The number of aromatic nitrogens is 2. The van der Waals surface area contributed by atoms with Gasteiger partial charge in [0, 0.05) is 36.5 Å². The van der Waals surface area contributed by atoms with Crippen molar-refractivity contribution < 1.29 is 0 Å². The molecule has 0 saturated carbocycles. The quantitative estimate of drug-likeness (QED) is 0.276. The van der Waals surface area contributed by atoms with Gasteiger partial charge in [0.15, 0.2) is 0 Å². The summed E-state index contributed by atoms with van der Waals surface area (Å²) in [7, 11) is 0. The van der Waals surface area contributed by atoms with Crippen molar-refractivity contribution in [1.82, 2.24) is 9.38 Å². The smallest absolute Gasteiger partial charge is 0.0804 e. The molecule has 0 saturated heterocycles. The summed E-state index contributed by atoms with van der Waals surface area (Å²) in [6, 6.07) is 28.9. The topological polar surface area (TPSA) is 20.2 Å². The third kappa shape index (κ3) is 1.54. The van der Waals surface area contributed by atoms with Crippen LogP contribution in [0.1, 0.15) is 0 Å². The second-order valence-electron chi connectivity index (χ2n) is 7.86. The van der Waals surface area contributed by atoms with Crippen LogP contribution in [0.2, 0.25) is 0 Å². The van der Waals surface area contributed by atoms with Gasteiger partial charge in [0.2, 0.25) is 0 Å². The number of rotatable bonds is 0. The molecule has 8 aromatic rings. The van der Waals surface area contributed by atoms with Gasteiger partial charge >= 0.3 is 0 Å². The number of aromatic amines is 1. The minimum Gasteiger partial charge on any atom is -0.353 e. The van der Waals surface area contributed by atoms with Crippen molar-refractivity contribution in [2.24, 2.45) is 0 Å². The van der Waals surface area contributed by atoms with E-state index in [1.54, 1.807) is 0 Å². The van der Waals surface area contributed by atoms with E-state index in [1.165, 1.54) is 69.3 Å². The number of fused-ring (bicyclic) bond motifs is 5. The molecule has 0 atom stereocenters. The third-order valence-corrected chi connectivity index (χ3v) is 7.59. The zero-order valence-corrected chi connectivity index (χ0v) is 16.2. The SMILES string of the molecule is c1cc2sc3cccc4c3c2c(c1)c1cccc2[nH]c3c5ccccc5n4c3c21. The first-order valence-corrected chi connectivity index (χ1v) is 10.7. The highest BCUT2D eigenvalue weighted by molar-refractivity contribution is 7.26. The molecule has 1 N–H and O–H groups in total. The van der Waals surface area contributed by atoms with E-state index in [2.05, 4.69) is 88.2 Å². The maximum atomic E-state index is 3.74. The zero-order chi connectivity index (χ0) is 18.7. The van der Waals surface area contributed by atoms with Crippen LogP contribution in [0.3, 0.4) is 0 Å². The maximum absolute atomic E-state index is 3.74. The van der Waals surface area contributed by atoms with E-state index in [-0.39, 0.29) is 0 Å². The molecule has 0 fully saturated rings. The van der Waals surface area contributed by atoms with Crippen molar-refractivity contribution in [3.05, 3.63) is 78.9 Å². The summed E-state index contributed by atoms with van der Waals surface area (Å²) < 4.78 is 5.19. The molecule has 0 amide bonds. The van der Waals surface area contributed by atoms with E-state index in [1.807, 2.05) is 11.3 Å². The van der Waals surface area contributed by atoms with Crippen LogP contribution in [0.15, 0.2) is 78.9 Å². The van der Waals surface area contributed by atoms with E-state index < -0.39 is 0 Å². The molecule has 4 heterocycles. The van der Waals surface area contributed by atoms with Gasteiger partial charge in [-0.2, -0.15) is 0 Å². The summed E-state index contributed by atoms with van der Waals surface area (Å²) in [5.41, 5.74) is 6.26. The molecule has 3 heteroatoms. The van der Waals surface area contributed by atoms with E-state index in [9.17, 15) is 0 Å². The molecular weight excluding hydrogens is 372 g/mol. The van der Waals surface area contributed by atoms with Crippen LogP contribution in [0.25, 0.3) is 69.3 Å². The lowest BCUT2D eigenvalue weighted by Gasteiger charge is -2.08. The Morgan fingerprint density at radius 2 is 1.28 bits per heavy atom. The Morgan fingerprint density at radius 3 is 2.21 bits per heavy atom.